The zero-order valence-electron chi connectivity index (χ0n) is 12.1. The number of nitrogens with one attached hydrogen (secondary N) is 1. The van der Waals surface area contributed by atoms with E-state index in [1.807, 2.05) is 0 Å². The number of amides is 1. The summed E-state index contributed by atoms with van der Waals surface area (Å²) in [6.07, 6.45) is -3.38. The van der Waals surface area contributed by atoms with E-state index in [-0.39, 0.29) is 18.3 Å². The maximum Gasteiger partial charge on any atom is 0.416 e. The third-order valence-electron chi connectivity index (χ3n) is 2.99. The van der Waals surface area contributed by atoms with Gasteiger partial charge < -0.3 is 10.2 Å². The van der Waals surface area contributed by atoms with Gasteiger partial charge in [0.25, 0.3) is 0 Å². The summed E-state index contributed by atoms with van der Waals surface area (Å²) in [4.78, 5) is 17.2. The van der Waals surface area contributed by atoms with E-state index in [0.717, 1.165) is 18.3 Å². The van der Waals surface area contributed by atoms with E-state index in [1.165, 1.54) is 11.9 Å². The number of pyridine rings is 1. The Kier molecular flexibility index (Phi) is 5.25. The van der Waals surface area contributed by atoms with E-state index < -0.39 is 11.7 Å². The van der Waals surface area contributed by atoms with E-state index in [9.17, 15) is 18.0 Å². The second-order valence-corrected chi connectivity index (χ2v) is 5.64. The van der Waals surface area contributed by atoms with Gasteiger partial charge in [0.15, 0.2) is 0 Å². The predicted molar refractivity (Wildman–Crippen MR) is 85.3 cm³/mol. The number of hydrogen-bond donors (Lipinski definition) is 1. The number of aromatic nitrogens is 1. The van der Waals surface area contributed by atoms with Crippen molar-refractivity contribution in [2.45, 2.75) is 6.18 Å². The number of nitrogens with zero attached hydrogens (tertiary/aromatic N) is 2. The monoisotopic (exact) mass is 387 g/mol. The number of alkyl halides is 3. The Morgan fingerprint density at radius 3 is 2.65 bits per heavy atom. The maximum absolute atomic E-state index is 12.7. The minimum atomic E-state index is -4.45. The van der Waals surface area contributed by atoms with Crippen molar-refractivity contribution < 1.29 is 18.0 Å². The molecular weight excluding hydrogens is 375 g/mol. The molecule has 8 heteroatoms. The van der Waals surface area contributed by atoms with Crippen molar-refractivity contribution in [3.8, 4) is 0 Å². The molecule has 23 heavy (non-hydrogen) atoms. The molecule has 2 aromatic rings. The van der Waals surface area contributed by atoms with E-state index in [2.05, 4.69) is 26.2 Å². The van der Waals surface area contributed by atoms with Crippen LogP contribution in [0.1, 0.15) is 5.56 Å². The fraction of sp³-hybridized carbons (Fsp3) is 0.200. The molecule has 0 saturated heterocycles. The first kappa shape index (κ1) is 17.3. The van der Waals surface area contributed by atoms with Gasteiger partial charge in [0.1, 0.15) is 5.82 Å². The van der Waals surface area contributed by atoms with Crippen LogP contribution in [-0.4, -0.2) is 24.5 Å². The molecule has 4 nitrogen and oxygen atoms in total. The first-order chi connectivity index (χ1) is 10.8. The highest BCUT2D eigenvalue weighted by Gasteiger charge is 2.31. The molecule has 0 saturated carbocycles. The second-order valence-electron chi connectivity index (χ2n) is 4.78. The number of anilines is 2. The summed E-state index contributed by atoms with van der Waals surface area (Å²) >= 11 is 3.30. The van der Waals surface area contributed by atoms with Gasteiger partial charge in [-0.3, -0.25) is 4.79 Å². The van der Waals surface area contributed by atoms with Gasteiger partial charge in [-0.15, -0.1) is 0 Å². The molecule has 0 aliphatic heterocycles. The van der Waals surface area contributed by atoms with Crippen molar-refractivity contribution in [2.75, 3.05) is 23.8 Å². The summed E-state index contributed by atoms with van der Waals surface area (Å²) in [7, 11) is 1.50. The zero-order valence-corrected chi connectivity index (χ0v) is 13.6. The molecule has 2 rings (SSSR count). The molecule has 0 fully saturated rings. The maximum atomic E-state index is 12.7. The third-order valence-corrected chi connectivity index (χ3v) is 3.68. The molecule has 0 aliphatic rings. The van der Waals surface area contributed by atoms with Crippen LogP contribution >= 0.6 is 15.9 Å². The van der Waals surface area contributed by atoms with E-state index >= 15 is 0 Å². The van der Waals surface area contributed by atoms with Crippen molar-refractivity contribution in [1.82, 2.24) is 4.98 Å². The number of carbonyl (C=O) groups excluding carboxylic acids is 1. The first-order valence-corrected chi connectivity index (χ1v) is 7.35. The highest BCUT2D eigenvalue weighted by atomic mass is 79.9. The van der Waals surface area contributed by atoms with E-state index in [1.54, 1.807) is 24.3 Å². The number of rotatable bonds is 4. The number of halogens is 4. The molecule has 0 radical (unpaired) electrons. The van der Waals surface area contributed by atoms with Crippen LogP contribution in [0.3, 0.4) is 0 Å². The van der Waals surface area contributed by atoms with Gasteiger partial charge in [-0.1, -0.05) is 12.1 Å². The lowest BCUT2D eigenvalue weighted by molar-refractivity contribution is -0.137. The van der Waals surface area contributed by atoms with Gasteiger partial charge in [-0.25, -0.2) is 4.98 Å². The van der Waals surface area contributed by atoms with Crippen LogP contribution in [0.2, 0.25) is 0 Å². The van der Waals surface area contributed by atoms with Crippen molar-refractivity contribution in [3.05, 3.63) is 52.6 Å². The van der Waals surface area contributed by atoms with Gasteiger partial charge >= 0.3 is 6.18 Å². The van der Waals surface area contributed by atoms with Gasteiger partial charge in [-0.2, -0.15) is 13.2 Å². The second kappa shape index (κ2) is 6.99. The van der Waals surface area contributed by atoms with Crippen LogP contribution in [0.25, 0.3) is 0 Å². The standard InChI is InChI=1S/C15H13BrF3N3O/c1-22(13-8-10(6-7-20-13)15(17,18)19)9-14(23)21-12-5-3-2-4-11(12)16/h2-8H,9H2,1H3,(H,21,23). The van der Waals surface area contributed by atoms with Gasteiger partial charge in [0, 0.05) is 17.7 Å². The first-order valence-electron chi connectivity index (χ1n) is 6.56. The number of likely N-dealkylation sites (N-methyl/N-ethyl adjacent to an activating group) is 1. The lowest BCUT2D eigenvalue weighted by Gasteiger charge is -2.19. The number of hydrogen-bond acceptors (Lipinski definition) is 3. The van der Waals surface area contributed by atoms with Gasteiger partial charge in [-0.05, 0) is 40.2 Å². The molecule has 1 aromatic heterocycles. The van der Waals surface area contributed by atoms with Crippen molar-refractivity contribution in [2.24, 2.45) is 0 Å². The zero-order chi connectivity index (χ0) is 17.0. The van der Waals surface area contributed by atoms with Gasteiger partial charge in [0.05, 0.1) is 17.8 Å². The van der Waals surface area contributed by atoms with Crippen LogP contribution < -0.4 is 10.2 Å². The Balaban J connectivity index is 2.06. The lowest BCUT2D eigenvalue weighted by atomic mass is 10.2. The summed E-state index contributed by atoms with van der Waals surface area (Å²) < 4.78 is 38.8. The topological polar surface area (TPSA) is 45.2 Å². The minimum absolute atomic E-state index is 0.0714. The average Bonchev–Trinajstić information content (AvgIpc) is 2.49. The van der Waals surface area contributed by atoms with E-state index in [4.69, 9.17) is 0 Å². The summed E-state index contributed by atoms with van der Waals surface area (Å²) in [6.45, 7) is -0.129. The van der Waals surface area contributed by atoms with Crippen molar-refractivity contribution in [1.29, 1.82) is 0 Å². The molecule has 1 heterocycles. The Hall–Kier alpha value is -2.09. The predicted octanol–water partition coefficient (Wildman–Crippen LogP) is 3.94. The fourth-order valence-corrected chi connectivity index (χ4v) is 2.24. The summed E-state index contributed by atoms with van der Waals surface area (Å²) in [5.74, 6) is -0.291. The Bertz CT molecular complexity index is 706. The fourth-order valence-electron chi connectivity index (χ4n) is 1.85. The normalized spacial score (nSPS) is 11.2. The summed E-state index contributed by atoms with van der Waals surface area (Å²) in [5, 5.41) is 2.68. The summed E-state index contributed by atoms with van der Waals surface area (Å²) in [6, 6.07) is 8.85. The van der Waals surface area contributed by atoms with Crippen molar-refractivity contribution in [3.63, 3.8) is 0 Å². The quantitative estimate of drug-likeness (QED) is 0.863. The third kappa shape index (κ3) is 4.69. The van der Waals surface area contributed by atoms with Crippen LogP contribution in [0.15, 0.2) is 47.1 Å². The Morgan fingerprint density at radius 1 is 1.30 bits per heavy atom. The Labute approximate surface area is 139 Å². The van der Waals surface area contributed by atoms with Crippen LogP contribution in [0, 0.1) is 0 Å². The molecule has 1 amide bonds. The summed E-state index contributed by atoms with van der Waals surface area (Å²) in [5.41, 5.74) is -0.219. The van der Waals surface area contributed by atoms with Crippen LogP contribution in [0.4, 0.5) is 24.7 Å². The number of carbonyl (C=O) groups is 1. The highest BCUT2D eigenvalue weighted by Crippen LogP contribution is 2.30. The molecule has 0 spiro atoms. The molecule has 0 unspecified atom stereocenters. The van der Waals surface area contributed by atoms with E-state index in [0.29, 0.717) is 10.2 Å². The van der Waals surface area contributed by atoms with Crippen molar-refractivity contribution >= 4 is 33.3 Å². The molecule has 0 bridgehead atoms. The van der Waals surface area contributed by atoms with Crippen LogP contribution in [0.5, 0.6) is 0 Å². The molecular formula is C15H13BrF3N3O. The molecule has 0 aliphatic carbocycles. The molecule has 122 valence electrons. The largest absolute Gasteiger partial charge is 0.416 e. The smallest absolute Gasteiger partial charge is 0.350 e. The molecule has 0 atom stereocenters. The Morgan fingerprint density at radius 2 is 2.00 bits per heavy atom. The molecule has 1 N–H and O–H groups in total. The minimum Gasteiger partial charge on any atom is -0.350 e. The van der Waals surface area contributed by atoms with Gasteiger partial charge in [0.2, 0.25) is 5.91 Å². The number of para-hydroxylation sites is 1. The van der Waals surface area contributed by atoms with Crippen LogP contribution in [-0.2, 0) is 11.0 Å². The lowest BCUT2D eigenvalue weighted by Crippen LogP contribution is -2.30. The highest BCUT2D eigenvalue weighted by molar-refractivity contribution is 9.10. The SMILES string of the molecule is CN(CC(=O)Nc1ccccc1Br)c1cc(C(F)(F)F)ccn1. The average molecular weight is 388 g/mol. The number of benzene rings is 1. The molecule has 1 aromatic carbocycles.